The summed E-state index contributed by atoms with van der Waals surface area (Å²) in [6.45, 7) is -3.05. The van der Waals surface area contributed by atoms with Crippen LogP contribution < -0.4 is 14.2 Å². The number of carbonyl (C=O) groups excluding carboxylic acids is 1. The van der Waals surface area contributed by atoms with Crippen molar-refractivity contribution < 1.29 is 36.4 Å². The van der Waals surface area contributed by atoms with Crippen molar-refractivity contribution in [3.05, 3.63) is 57.1 Å². The number of hydrogen-bond donors (Lipinski definition) is 1. The highest BCUT2D eigenvalue weighted by Gasteiger charge is 2.23. The lowest BCUT2D eigenvalue weighted by Gasteiger charge is -2.11. The van der Waals surface area contributed by atoms with Crippen LogP contribution in [-0.4, -0.2) is 32.1 Å². The van der Waals surface area contributed by atoms with E-state index in [0.717, 1.165) is 30.3 Å². The number of amides is 1. The van der Waals surface area contributed by atoms with Crippen molar-refractivity contribution in [1.82, 2.24) is 4.72 Å². The molecule has 150 valence electrons. The molecule has 0 saturated heterocycles. The van der Waals surface area contributed by atoms with Crippen LogP contribution in [0.15, 0.2) is 36.4 Å². The third-order valence-corrected chi connectivity index (χ3v) is 3.90. The highest BCUT2D eigenvalue weighted by Crippen LogP contribution is 2.34. The van der Waals surface area contributed by atoms with E-state index in [0.29, 0.717) is 6.26 Å². The summed E-state index contributed by atoms with van der Waals surface area (Å²) in [5.41, 5.74) is -1.22. The Morgan fingerprint density at radius 1 is 1.21 bits per heavy atom. The number of sulfonamides is 1. The number of nitro benzene ring substituents is 1. The van der Waals surface area contributed by atoms with Gasteiger partial charge in [-0.25, -0.2) is 13.1 Å². The lowest BCUT2D eigenvalue weighted by molar-refractivity contribution is -0.385. The number of ether oxygens (including phenoxy) is 2. The molecule has 2 rings (SSSR count). The van der Waals surface area contributed by atoms with Gasteiger partial charge in [0.25, 0.3) is 11.6 Å². The smallest absolute Gasteiger partial charge is 0.387 e. The summed E-state index contributed by atoms with van der Waals surface area (Å²) in [6.07, 6.45) is 0.708. The third kappa shape index (κ3) is 5.76. The van der Waals surface area contributed by atoms with Crippen LogP contribution in [0.2, 0.25) is 5.02 Å². The first-order chi connectivity index (χ1) is 13.0. The Morgan fingerprint density at radius 2 is 1.86 bits per heavy atom. The summed E-state index contributed by atoms with van der Waals surface area (Å²) >= 11 is 5.92. The average molecular weight is 437 g/mol. The fourth-order valence-corrected chi connectivity index (χ4v) is 2.67. The highest BCUT2D eigenvalue weighted by atomic mass is 35.5. The van der Waals surface area contributed by atoms with E-state index in [4.69, 9.17) is 16.3 Å². The summed E-state index contributed by atoms with van der Waals surface area (Å²) in [4.78, 5) is 22.3. The van der Waals surface area contributed by atoms with Gasteiger partial charge >= 0.3 is 6.61 Å². The van der Waals surface area contributed by atoms with E-state index in [2.05, 4.69) is 4.74 Å². The van der Waals surface area contributed by atoms with Gasteiger partial charge in [-0.15, -0.1) is 0 Å². The number of hydrogen-bond acceptors (Lipinski definition) is 7. The molecule has 2 aromatic carbocycles. The topological polar surface area (TPSA) is 125 Å². The van der Waals surface area contributed by atoms with Gasteiger partial charge in [-0.3, -0.25) is 14.9 Å². The molecule has 0 spiro atoms. The maximum absolute atomic E-state index is 12.2. The van der Waals surface area contributed by atoms with Crippen LogP contribution >= 0.6 is 11.6 Å². The van der Waals surface area contributed by atoms with Gasteiger partial charge in [0.1, 0.15) is 22.8 Å². The van der Waals surface area contributed by atoms with E-state index in [9.17, 15) is 32.1 Å². The Hall–Kier alpha value is -2.99. The Labute approximate surface area is 162 Å². The molecule has 2 aromatic rings. The summed E-state index contributed by atoms with van der Waals surface area (Å²) in [6, 6.07) is 6.45. The zero-order valence-electron chi connectivity index (χ0n) is 13.9. The van der Waals surface area contributed by atoms with E-state index >= 15 is 0 Å². The first kappa shape index (κ1) is 21.3. The van der Waals surface area contributed by atoms with Crippen LogP contribution in [0.4, 0.5) is 14.5 Å². The van der Waals surface area contributed by atoms with E-state index in [1.165, 1.54) is 6.07 Å². The molecule has 1 amide bonds. The lowest BCUT2D eigenvalue weighted by atomic mass is 10.1. The standard InChI is InChI=1S/C15H11ClF2N2O7S/c1-28(24,25)19-14(21)10-6-8(2-4-12(10)20(22)23)26-13-5-3-9(7-11(13)16)27-15(17)18/h2-7,15H,1H3,(H,19,21). The van der Waals surface area contributed by atoms with Gasteiger partial charge in [0.15, 0.2) is 0 Å². The molecule has 13 heteroatoms. The fraction of sp³-hybridized carbons (Fsp3) is 0.133. The molecule has 28 heavy (non-hydrogen) atoms. The van der Waals surface area contributed by atoms with E-state index in [1.807, 2.05) is 0 Å². The Balaban J connectivity index is 2.36. The molecule has 9 nitrogen and oxygen atoms in total. The number of nitrogens with one attached hydrogen (secondary N) is 1. The number of benzene rings is 2. The van der Waals surface area contributed by atoms with Gasteiger partial charge in [-0.1, -0.05) is 11.6 Å². The number of nitrogens with zero attached hydrogens (tertiary/aromatic N) is 1. The van der Waals surface area contributed by atoms with Crippen molar-refractivity contribution >= 4 is 33.2 Å². The molecule has 0 unspecified atom stereocenters. The first-order valence-corrected chi connectivity index (χ1v) is 9.46. The molecule has 0 aliphatic heterocycles. The first-order valence-electron chi connectivity index (χ1n) is 7.19. The molecule has 0 aromatic heterocycles. The predicted molar refractivity (Wildman–Crippen MR) is 93.6 cm³/mol. The maximum Gasteiger partial charge on any atom is 0.387 e. The van der Waals surface area contributed by atoms with Gasteiger partial charge < -0.3 is 9.47 Å². The molecular formula is C15H11ClF2N2O7S. The summed E-state index contributed by atoms with van der Waals surface area (Å²) < 4.78 is 58.0. The van der Waals surface area contributed by atoms with Crippen molar-refractivity contribution in [3.63, 3.8) is 0 Å². The zero-order chi connectivity index (χ0) is 21.1. The monoisotopic (exact) mass is 436 g/mol. The van der Waals surface area contributed by atoms with Crippen molar-refractivity contribution in [3.8, 4) is 17.2 Å². The number of nitro groups is 1. The maximum atomic E-state index is 12.2. The van der Waals surface area contributed by atoms with Crippen LogP contribution in [0.25, 0.3) is 0 Å². The average Bonchev–Trinajstić information content (AvgIpc) is 2.55. The van der Waals surface area contributed by atoms with Gasteiger partial charge in [-0.05, 0) is 18.2 Å². The van der Waals surface area contributed by atoms with Crippen LogP contribution in [0.3, 0.4) is 0 Å². The largest absolute Gasteiger partial charge is 0.456 e. The van der Waals surface area contributed by atoms with Crippen LogP contribution in [-0.2, 0) is 10.0 Å². The van der Waals surface area contributed by atoms with Crippen LogP contribution in [0.1, 0.15) is 10.4 Å². The predicted octanol–water partition coefficient (Wildman–Crippen LogP) is 3.33. The van der Waals surface area contributed by atoms with Gasteiger partial charge in [0.05, 0.1) is 16.2 Å². The molecule has 0 bridgehead atoms. The van der Waals surface area contributed by atoms with Gasteiger partial charge in [-0.2, -0.15) is 8.78 Å². The molecule has 0 aliphatic carbocycles. The summed E-state index contributed by atoms with van der Waals surface area (Å²) in [5, 5.41) is 11.0. The zero-order valence-corrected chi connectivity index (χ0v) is 15.5. The molecule has 0 aliphatic rings. The number of halogens is 3. The van der Waals surface area contributed by atoms with Crippen molar-refractivity contribution in [2.24, 2.45) is 0 Å². The Bertz CT molecular complexity index is 1030. The second-order valence-electron chi connectivity index (χ2n) is 5.21. The molecule has 0 atom stereocenters. The minimum Gasteiger partial charge on any atom is -0.456 e. The molecular weight excluding hydrogens is 426 g/mol. The van der Waals surface area contributed by atoms with E-state index in [1.54, 1.807) is 4.72 Å². The molecule has 0 fully saturated rings. The van der Waals surface area contributed by atoms with Crippen LogP contribution in [0, 0.1) is 10.1 Å². The van der Waals surface area contributed by atoms with E-state index in [-0.39, 0.29) is 22.3 Å². The highest BCUT2D eigenvalue weighted by molar-refractivity contribution is 7.89. The third-order valence-electron chi connectivity index (χ3n) is 3.04. The van der Waals surface area contributed by atoms with E-state index < -0.39 is 38.7 Å². The quantitative estimate of drug-likeness (QED) is 0.521. The molecule has 1 N–H and O–H groups in total. The second kappa shape index (κ2) is 8.35. The second-order valence-corrected chi connectivity index (χ2v) is 7.37. The van der Waals surface area contributed by atoms with Crippen molar-refractivity contribution in [2.75, 3.05) is 6.26 Å². The summed E-state index contributed by atoms with van der Waals surface area (Å²) in [7, 11) is -3.97. The summed E-state index contributed by atoms with van der Waals surface area (Å²) in [5.74, 6) is -1.56. The SMILES string of the molecule is CS(=O)(=O)NC(=O)c1cc(Oc2ccc(OC(F)F)cc2Cl)ccc1[N+](=O)[O-]. The number of carbonyl (C=O) groups is 1. The normalized spacial score (nSPS) is 11.2. The Morgan fingerprint density at radius 3 is 2.39 bits per heavy atom. The Kier molecular flexibility index (Phi) is 6.36. The number of alkyl halides is 2. The lowest BCUT2D eigenvalue weighted by Crippen LogP contribution is -2.29. The fourth-order valence-electron chi connectivity index (χ4n) is 2.01. The minimum atomic E-state index is -3.97. The molecule has 0 saturated carbocycles. The van der Waals surface area contributed by atoms with Gasteiger partial charge in [0, 0.05) is 18.2 Å². The van der Waals surface area contributed by atoms with Gasteiger partial charge in [0.2, 0.25) is 10.0 Å². The molecule has 0 radical (unpaired) electrons. The van der Waals surface area contributed by atoms with Crippen LogP contribution in [0.5, 0.6) is 17.2 Å². The minimum absolute atomic E-state index is 0.0217. The van der Waals surface area contributed by atoms with Crippen molar-refractivity contribution in [1.29, 1.82) is 0 Å². The number of rotatable bonds is 7. The van der Waals surface area contributed by atoms with Crippen molar-refractivity contribution in [2.45, 2.75) is 6.61 Å². The molecule has 0 heterocycles.